The van der Waals surface area contributed by atoms with Crippen molar-refractivity contribution < 1.29 is 4.79 Å². The Bertz CT molecular complexity index is 984. The molecule has 28 heavy (non-hydrogen) atoms. The van der Waals surface area contributed by atoms with Gasteiger partial charge in [0.2, 0.25) is 0 Å². The molecule has 0 unspecified atom stereocenters. The molecule has 2 aromatic heterocycles. The number of carbonyl (C=O) groups is 1. The fraction of sp³-hybridized carbons (Fsp3) is 0.318. The normalized spacial score (nSPS) is 16.9. The number of aryl methyl sites for hydroxylation is 1. The molecule has 1 aromatic carbocycles. The summed E-state index contributed by atoms with van der Waals surface area (Å²) in [5.41, 5.74) is 4.59. The molecule has 1 atom stereocenters. The third-order valence-electron chi connectivity index (χ3n) is 5.34. The molecule has 1 fully saturated rings. The van der Waals surface area contributed by atoms with E-state index in [9.17, 15) is 4.79 Å². The van der Waals surface area contributed by atoms with Crippen LogP contribution in [0, 0.1) is 6.92 Å². The summed E-state index contributed by atoms with van der Waals surface area (Å²) in [7, 11) is 0. The Morgan fingerprint density at radius 1 is 1.25 bits per heavy atom. The van der Waals surface area contributed by atoms with Gasteiger partial charge in [-0.05, 0) is 43.5 Å². The minimum atomic E-state index is 0.0446. The van der Waals surface area contributed by atoms with Crippen LogP contribution in [0.1, 0.15) is 51.8 Å². The van der Waals surface area contributed by atoms with E-state index in [-0.39, 0.29) is 11.8 Å². The van der Waals surface area contributed by atoms with Crippen molar-refractivity contribution >= 4 is 17.5 Å². The van der Waals surface area contributed by atoms with E-state index >= 15 is 0 Å². The van der Waals surface area contributed by atoms with Gasteiger partial charge in [0.15, 0.2) is 0 Å². The zero-order valence-electron chi connectivity index (χ0n) is 15.9. The van der Waals surface area contributed by atoms with Gasteiger partial charge in [0.1, 0.15) is 0 Å². The Balaban J connectivity index is 1.50. The van der Waals surface area contributed by atoms with E-state index < -0.39 is 0 Å². The van der Waals surface area contributed by atoms with Gasteiger partial charge in [0, 0.05) is 47.5 Å². The van der Waals surface area contributed by atoms with Gasteiger partial charge in [-0.3, -0.25) is 14.9 Å². The van der Waals surface area contributed by atoms with Crippen LogP contribution < -0.4 is 0 Å². The van der Waals surface area contributed by atoms with Crippen LogP contribution in [0.2, 0.25) is 5.02 Å². The molecule has 1 aliphatic rings. The predicted molar refractivity (Wildman–Crippen MR) is 110 cm³/mol. The first-order valence-electron chi connectivity index (χ1n) is 9.60. The first-order valence-corrected chi connectivity index (χ1v) is 9.98. The number of H-pyrrole nitrogens is 1. The summed E-state index contributed by atoms with van der Waals surface area (Å²) in [6.45, 7) is 3.34. The van der Waals surface area contributed by atoms with Gasteiger partial charge in [-0.1, -0.05) is 35.9 Å². The molecular weight excluding hydrogens is 372 g/mol. The maximum Gasteiger partial charge on any atom is 0.257 e. The highest BCUT2D eigenvalue weighted by atomic mass is 35.5. The monoisotopic (exact) mass is 394 g/mol. The molecule has 6 heteroatoms. The fourth-order valence-electron chi connectivity index (χ4n) is 3.80. The van der Waals surface area contributed by atoms with Crippen molar-refractivity contribution in [1.82, 2.24) is 20.1 Å². The van der Waals surface area contributed by atoms with Crippen LogP contribution >= 0.6 is 11.6 Å². The number of piperidine rings is 1. The summed E-state index contributed by atoms with van der Waals surface area (Å²) in [4.78, 5) is 19.7. The number of rotatable bonds is 4. The maximum atomic E-state index is 12.8. The molecule has 1 amide bonds. The molecule has 1 aliphatic heterocycles. The standard InChI is InChI=1S/C22H23ClN4O/c1-15-19(13-24-26-15)22(28)27-11-5-7-17(14-27)21-10-4-8-18(25-21)12-16-6-2-3-9-20(16)23/h2-4,6,8-10,13,17H,5,7,11-12,14H2,1H3,(H,24,26)/t17-/m0/s1. The SMILES string of the molecule is Cc1[nH]ncc1C(=O)N1CCC[C@H](c2cccc(Cc3ccccc3Cl)n2)C1. The van der Waals surface area contributed by atoms with Gasteiger partial charge in [-0.2, -0.15) is 5.10 Å². The molecule has 0 spiro atoms. The number of amides is 1. The predicted octanol–water partition coefficient (Wildman–Crippen LogP) is 4.38. The number of likely N-dealkylation sites (tertiary alicyclic amines) is 1. The molecule has 4 rings (SSSR count). The topological polar surface area (TPSA) is 61.9 Å². The Morgan fingerprint density at radius 2 is 2.11 bits per heavy atom. The lowest BCUT2D eigenvalue weighted by Gasteiger charge is -2.32. The van der Waals surface area contributed by atoms with E-state index in [2.05, 4.69) is 22.3 Å². The third-order valence-corrected chi connectivity index (χ3v) is 5.71. The van der Waals surface area contributed by atoms with Crippen molar-refractivity contribution in [3.8, 4) is 0 Å². The van der Waals surface area contributed by atoms with Crippen molar-refractivity contribution in [2.45, 2.75) is 32.1 Å². The Hall–Kier alpha value is -2.66. The minimum absolute atomic E-state index is 0.0446. The highest BCUT2D eigenvalue weighted by Crippen LogP contribution is 2.27. The Labute approximate surface area is 169 Å². The molecule has 0 radical (unpaired) electrons. The van der Waals surface area contributed by atoms with Crippen molar-refractivity contribution in [2.24, 2.45) is 0 Å². The van der Waals surface area contributed by atoms with Crippen molar-refractivity contribution in [3.05, 3.63) is 81.9 Å². The lowest BCUT2D eigenvalue weighted by Crippen LogP contribution is -2.39. The molecule has 1 saturated heterocycles. The lowest BCUT2D eigenvalue weighted by molar-refractivity contribution is 0.0705. The van der Waals surface area contributed by atoms with Crippen molar-refractivity contribution in [2.75, 3.05) is 13.1 Å². The number of nitrogens with zero attached hydrogens (tertiary/aromatic N) is 3. The largest absolute Gasteiger partial charge is 0.338 e. The smallest absolute Gasteiger partial charge is 0.257 e. The van der Waals surface area contributed by atoms with E-state index in [1.807, 2.05) is 42.2 Å². The average Bonchev–Trinajstić information content (AvgIpc) is 3.15. The van der Waals surface area contributed by atoms with Crippen LogP contribution in [-0.4, -0.2) is 39.1 Å². The number of hydrogen-bond acceptors (Lipinski definition) is 3. The number of nitrogens with one attached hydrogen (secondary N) is 1. The second kappa shape index (κ2) is 8.15. The van der Waals surface area contributed by atoms with Crippen molar-refractivity contribution in [1.29, 1.82) is 0 Å². The molecule has 5 nitrogen and oxygen atoms in total. The van der Waals surface area contributed by atoms with E-state index in [0.29, 0.717) is 18.5 Å². The molecule has 0 aliphatic carbocycles. The molecule has 144 valence electrons. The van der Waals surface area contributed by atoms with Crippen molar-refractivity contribution in [3.63, 3.8) is 0 Å². The van der Waals surface area contributed by atoms with E-state index in [1.54, 1.807) is 6.20 Å². The molecule has 0 saturated carbocycles. The summed E-state index contributed by atoms with van der Waals surface area (Å²) in [5.74, 6) is 0.291. The molecule has 1 N–H and O–H groups in total. The van der Waals surface area contributed by atoms with Crippen LogP contribution in [0.4, 0.5) is 0 Å². The first-order chi connectivity index (χ1) is 13.6. The summed E-state index contributed by atoms with van der Waals surface area (Å²) in [6.07, 6.45) is 4.33. The fourth-order valence-corrected chi connectivity index (χ4v) is 4.00. The van der Waals surface area contributed by atoms with E-state index in [1.165, 1.54) is 0 Å². The van der Waals surface area contributed by atoms with Crippen LogP contribution in [0.5, 0.6) is 0 Å². The maximum absolute atomic E-state index is 12.8. The summed E-state index contributed by atoms with van der Waals surface area (Å²) in [5, 5.41) is 7.59. The second-order valence-electron chi connectivity index (χ2n) is 7.32. The summed E-state index contributed by atoms with van der Waals surface area (Å²) in [6, 6.07) is 14.0. The van der Waals surface area contributed by atoms with Crippen LogP contribution in [0.25, 0.3) is 0 Å². The lowest BCUT2D eigenvalue weighted by atomic mass is 9.93. The molecular formula is C22H23ClN4O. The van der Waals surface area contributed by atoms with E-state index in [0.717, 1.165) is 47.1 Å². The molecule has 3 aromatic rings. The number of benzene rings is 1. The molecule has 0 bridgehead atoms. The number of aromatic amines is 1. The van der Waals surface area contributed by atoms with Gasteiger partial charge < -0.3 is 4.90 Å². The van der Waals surface area contributed by atoms with Crippen LogP contribution in [0.3, 0.4) is 0 Å². The number of pyridine rings is 1. The summed E-state index contributed by atoms with van der Waals surface area (Å²) >= 11 is 6.30. The van der Waals surface area contributed by atoms with Crippen LogP contribution in [0.15, 0.2) is 48.7 Å². The Morgan fingerprint density at radius 3 is 2.89 bits per heavy atom. The first kappa shape index (κ1) is 18.7. The highest BCUT2D eigenvalue weighted by Gasteiger charge is 2.27. The minimum Gasteiger partial charge on any atom is -0.338 e. The number of hydrogen-bond donors (Lipinski definition) is 1. The zero-order chi connectivity index (χ0) is 19.5. The van der Waals surface area contributed by atoms with Gasteiger partial charge in [0.25, 0.3) is 5.91 Å². The zero-order valence-corrected chi connectivity index (χ0v) is 16.6. The second-order valence-corrected chi connectivity index (χ2v) is 7.73. The van der Waals surface area contributed by atoms with Gasteiger partial charge in [0.05, 0.1) is 11.8 Å². The third kappa shape index (κ3) is 3.94. The molecule has 3 heterocycles. The number of halogens is 1. The van der Waals surface area contributed by atoms with Gasteiger partial charge in [-0.25, -0.2) is 0 Å². The quantitative estimate of drug-likeness (QED) is 0.714. The number of carbonyl (C=O) groups excluding carboxylic acids is 1. The number of aromatic nitrogens is 3. The van der Waals surface area contributed by atoms with Gasteiger partial charge in [-0.15, -0.1) is 0 Å². The summed E-state index contributed by atoms with van der Waals surface area (Å²) < 4.78 is 0. The van der Waals surface area contributed by atoms with Crippen LogP contribution in [-0.2, 0) is 6.42 Å². The van der Waals surface area contributed by atoms with E-state index in [4.69, 9.17) is 16.6 Å². The highest BCUT2D eigenvalue weighted by molar-refractivity contribution is 6.31. The average molecular weight is 395 g/mol. The Kier molecular flexibility index (Phi) is 5.44. The van der Waals surface area contributed by atoms with Gasteiger partial charge >= 0.3 is 0 Å².